The van der Waals surface area contributed by atoms with Gasteiger partial charge in [0.1, 0.15) is 12.3 Å². The second kappa shape index (κ2) is 5.95. The van der Waals surface area contributed by atoms with Crippen molar-refractivity contribution in [2.75, 3.05) is 14.2 Å². The van der Waals surface area contributed by atoms with Gasteiger partial charge in [-0.1, -0.05) is 6.07 Å². The van der Waals surface area contributed by atoms with Crippen LogP contribution in [-0.4, -0.2) is 36.1 Å². The number of nitrogens with zero attached hydrogens (tertiary/aromatic N) is 2. The van der Waals surface area contributed by atoms with E-state index in [4.69, 9.17) is 9.57 Å². The molecular formula is C11H14N2O4. The molecule has 1 amide bonds. The van der Waals surface area contributed by atoms with Gasteiger partial charge in [0.2, 0.25) is 0 Å². The summed E-state index contributed by atoms with van der Waals surface area (Å²) in [5, 5.41) is 1.07. The molecule has 1 aromatic rings. The van der Waals surface area contributed by atoms with Crippen LogP contribution in [0.3, 0.4) is 0 Å². The molecule has 0 bridgehead atoms. The first kappa shape index (κ1) is 13.1. The molecule has 1 rings (SSSR count). The van der Waals surface area contributed by atoms with Crippen molar-refractivity contribution < 1.29 is 19.2 Å². The smallest absolute Gasteiger partial charge is 0.303 e. The number of amides is 1. The lowest BCUT2D eigenvalue weighted by Crippen LogP contribution is -2.26. The van der Waals surface area contributed by atoms with Crippen LogP contribution in [0.1, 0.15) is 23.1 Å². The number of pyridine rings is 1. The van der Waals surface area contributed by atoms with Gasteiger partial charge in [-0.05, 0) is 12.1 Å². The van der Waals surface area contributed by atoms with Crippen molar-refractivity contribution in [2.45, 2.75) is 13.5 Å². The van der Waals surface area contributed by atoms with Crippen molar-refractivity contribution >= 4 is 11.9 Å². The second-order valence-electron chi connectivity index (χ2n) is 3.28. The summed E-state index contributed by atoms with van der Waals surface area (Å²) in [6.07, 6.45) is 0. The highest BCUT2D eigenvalue weighted by molar-refractivity contribution is 5.91. The summed E-state index contributed by atoms with van der Waals surface area (Å²) >= 11 is 0. The molecule has 6 heteroatoms. The summed E-state index contributed by atoms with van der Waals surface area (Å²) in [7, 11) is 2.88. The number of carbonyl (C=O) groups is 2. The van der Waals surface area contributed by atoms with Gasteiger partial charge in [0, 0.05) is 14.0 Å². The Balaban J connectivity index is 2.78. The number of carbonyl (C=O) groups excluding carboxylic acids is 2. The van der Waals surface area contributed by atoms with Crippen molar-refractivity contribution in [3.8, 4) is 0 Å². The molecule has 0 unspecified atom stereocenters. The monoisotopic (exact) mass is 238 g/mol. The first-order valence-corrected chi connectivity index (χ1v) is 4.96. The van der Waals surface area contributed by atoms with Crippen LogP contribution in [0.2, 0.25) is 0 Å². The number of hydrogen-bond donors (Lipinski definition) is 0. The third kappa shape index (κ3) is 3.84. The van der Waals surface area contributed by atoms with Crippen LogP contribution >= 0.6 is 0 Å². The fraction of sp³-hybridized carbons (Fsp3) is 0.364. The van der Waals surface area contributed by atoms with Crippen molar-refractivity contribution in [2.24, 2.45) is 0 Å². The van der Waals surface area contributed by atoms with E-state index in [0.717, 1.165) is 5.06 Å². The van der Waals surface area contributed by atoms with E-state index in [1.165, 1.54) is 21.1 Å². The molecule has 17 heavy (non-hydrogen) atoms. The molecule has 0 N–H and O–H groups in total. The normalized spacial score (nSPS) is 9.82. The fourth-order valence-electron chi connectivity index (χ4n) is 1.10. The predicted octanol–water partition coefficient (Wildman–Crippen LogP) is 0.778. The zero-order valence-electron chi connectivity index (χ0n) is 9.97. The summed E-state index contributed by atoms with van der Waals surface area (Å²) in [6, 6.07) is 4.91. The Kier molecular flexibility index (Phi) is 4.59. The molecule has 92 valence electrons. The Morgan fingerprint density at radius 3 is 2.71 bits per heavy atom. The maximum atomic E-state index is 11.7. The highest BCUT2D eigenvalue weighted by Crippen LogP contribution is 2.04. The van der Waals surface area contributed by atoms with Crippen LogP contribution in [0.25, 0.3) is 0 Å². The Bertz CT molecular complexity index is 420. The highest BCUT2D eigenvalue weighted by atomic mass is 16.7. The molecule has 0 spiro atoms. The average molecular weight is 238 g/mol. The number of hydroxylamine groups is 2. The standard InChI is InChI=1S/C11H14N2O4/c1-8(14)17-7-9-5-4-6-10(12-9)11(15)13(2)16-3/h4-6H,7H2,1-3H3. The highest BCUT2D eigenvalue weighted by Gasteiger charge is 2.13. The number of hydrogen-bond acceptors (Lipinski definition) is 5. The molecular weight excluding hydrogens is 224 g/mol. The molecule has 0 atom stereocenters. The zero-order chi connectivity index (χ0) is 12.8. The van der Waals surface area contributed by atoms with E-state index in [0.29, 0.717) is 5.69 Å². The third-order valence-electron chi connectivity index (χ3n) is 2.01. The first-order chi connectivity index (χ1) is 8.04. The Morgan fingerprint density at radius 2 is 2.12 bits per heavy atom. The van der Waals surface area contributed by atoms with Gasteiger partial charge in [-0.25, -0.2) is 10.0 Å². The van der Waals surface area contributed by atoms with Gasteiger partial charge in [0.25, 0.3) is 5.91 Å². The second-order valence-corrected chi connectivity index (χ2v) is 3.28. The minimum Gasteiger partial charge on any atom is -0.459 e. The predicted molar refractivity (Wildman–Crippen MR) is 58.8 cm³/mol. The maximum Gasteiger partial charge on any atom is 0.303 e. The first-order valence-electron chi connectivity index (χ1n) is 4.96. The Hall–Kier alpha value is -1.95. The molecule has 1 aromatic heterocycles. The zero-order valence-corrected chi connectivity index (χ0v) is 9.97. The molecule has 0 fully saturated rings. The number of aromatic nitrogens is 1. The summed E-state index contributed by atoms with van der Waals surface area (Å²) in [4.78, 5) is 31.2. The molecule has 0 radical (unpaired) electrons. The summed E-state index contributed by atoms with van der Waals surface area (Å²) in [5.74, 6) is -0.755. The lowest BCUT2D eigenvalue weighted by atomic mass is 10.3. The van der Waals surface area contributed by atoms with Gasteiger partial charge < -0.3 is 4.74 Å². The summed E-state index contributed by atoms with van der Waals surface area (Å²) in [5.41, 5.74) is 0.745. The molecule has 0 aliphatic rings. The Morgan fingerprint density at radius 1 is 1.41 bits per heavy atom. The van der Waals surface area contributed by atoms with Gasteiger partial charge in [-0.15, -0.1) is 0 Å². The van der Waals surface area contributed by atoms with Gasteiger partial charge >= 0.3 is 5.97 Å². The van der Waals surface area contributed by atoms with Crippen LogP contribution in [-0.2, 0) is 21.0 Å². The molecule has 6 nitrogen and oxygen atoms in total. The summed E-state index contributed by atoms with van der Waals surface area (Å²) in [6.45, 7) is 1.36. The van der Waals surface area contributed by atoms with Gasteiger partial charge in [0.05, 0.1) is 12.8 Å². The van der Waals surface area contributed by atoms with Crippen molar-refractivity contribution in [3.63, 3.8) is 0 Å². The average Bonchev–Trinajstić information content (AvgIpc) is 2.34. The molecule has 0 saturated heterocycles. The third-order valence-corrected chi connectivity index (χ3v) is 2.01. The van der Waals surface area contributed by atoms with E-state index in [1.54, 1.807) is 18.2 Å². The van der Waals surface area contributed by atoms with E-state index in [1.807, 2.05) is 0 Å². The molecule has 1 heterocycles. The lowest BCUT2D eigenvalue weighted by molar-refractivity contribution is -0.142. The number of rotatable bonds is 4. The van der Waals surface area contributed by atoms with Crippen LogP contribution in [0, 0.1) is 0 Å². The largest absolute Gasteiger partial charge is 0.459 e. The van der Waals surface area contributed by atoms with E-state index in [-0.39, 0.29) is 18.2 Å². The summed E-state index contributed by atoms with van der Waals surface area (Å²) < 4.78 is 4.79. The number of esters is 1. The maximum absolute atomic E-state index is 11.7. The van der Waals surface area contributed by atoms with Gasteiger partial charge in [-0.3, -0.25) is 14.4 Å². The van der Waals surface area contributed by atoms with Crippen LogP contribution in [0.15, 0.2) is 18.2 Å². The molecule has 0 aliphatic carbocycles. The van der Waals surface area contributed by atoms with Crippen LogP contribution < -0.4 is 0 Å². The molecule has 0 aliphatic heterocycles. The number of ether oxygens (including phenoxy) is 1. The Labute approximate surface area is 99.1 Å². The van der Waals surface area contributed by atoms with E-state index in [9.17, 15) is 9.59 Å². The van der Waals surface area contributed by atoms with E-state index >= 15 is 0 Å². The van der Waals surface area contributed by atoms with Gasteiger partial charge in [0.15, 0.2) is 0 Å². The molecule has 0 aromatic carbocycles. The van der Waals surface area contributed by atoms with Crippen LogP contribution in [0.5, 0.6) is 0 Å². The van der Waals surface area contributed by atoms with Crippen molar-refractivity contribution in [1.29, 1.82) is 0 Å². The fourth-order valence-corrected chi connectivity index (χ4v) is 1.10. The SMILES string of the molecule is CON(C)C(=O)c1cccc(COC(C)=O)n1. The minimum atomic E-state index is -0.391. The van der Waals surface area contributed by atoms with E-state index in [2.05, 4.69) is 4.98 Å². The lowest BCUT2D eigenvalue weighted by Gasteiger charge is -2.13. The topological polar surface area (TPSA) is 68.7 Å². The minimum absolute atomic E-state index is 0.0488. The van der Waals surface area contributed by atoms with E-state index < -0.39 is 5.97 Å². The van der Waals surface area contributed by atoms with Crippen LogP contribution in [0.4, 0.5) is 0 Å². The quantitative estimate of drug-likeness (QED) is 0.572. The van der Waals surface area contributed by atoms with Crippen molar-refractivity contribution in [3.05, 3.63) is 29.6 Å². The van der Waals surface area contributed by atoms with Gasteiger partial charge in [-0.2, -0.15) is 0 Å². The van der Waals surface area contributed by atoms with Crippen molar-refractivity contribution in [1.82, 2.24) is 10.0 Å². The molecule has 0 saturated carbocycles.